The molecule has 5 heteroatoms. The Labute approximate surface area is 137 Å². The molecule has 120 valence electrons. The van der Waals surface area contributed by atoms with Gasteiger partial charge in [0.25, 0.3) is 0 Å². The Bertz CT molecular complexity index is 701. The van der Waals surface area contributed by atoms with Gasteiger partial charge in [-0.1, -0.05) is 12.1 Å². The summed E-state index contributed by atoms with van der Waals surface area (Å²) >= 11 is 0. The molecule has 0 amide bonds. The van der Waals surface area contributed by atoms with Gasteiger partial charge in [0.1, 0.15) is 11.6 Å². The number of hydrogen-bond acceptors (Lipinski definition) is 5. The number of nitrogens with zero attached hydrogens (tertiary/aromatic N) is 4. The lowest BCUT2D eigenvalue weighted by atomic mass is 10.1. The van der Waals surface area contributed by atoms with E-state index < -0.39 is 0 Å². The van der Waals surface area contributed by atoms with Crippen LogP contribution < -0.4 is 9.80 Å². The molecule has 23 heavy (non-hydrogen) atoms. The highest BCUT2D eigenvalue weighted by atomic mass is 16.1. The van der Waals surface area contributed by atoms with Crippen molar-refractivity contribution in [3.8, 4) is 0 Å². The van der Waals surface area contributed by atoms with Crippen molar-refractivity contribution in [3.05, 3.63) is 47.8 Å². The minimum atomic E-state index is 0.262. The summed E-state index contributed by atoms with van der Waals surface area (Å²) in [6.45, 7) is 1.63. The van der Waals surface area contributed by atoms with Gasteiger partial charge in [0, 0.05) is 45.0 Å². The maximum atomic E-state index is 11.2. The van der Waals surface area contributed by atoms with Gasteiger partial charge in [-0.3, -0.25) is 4.79 Å². The quantitative estimate of drug-likeness (QED) is 0.746. The van der Waals surface area contributed by atoms with E-state index in [4.69, 9.17) is 0 Å². The fourth-order valence-electron chi connectivity index (χ4n) is 3.10. The maximum absolute atomic E-state index is 11.2. The number of anilines is 2. The van der Waals surface area contributed by atoms with Gasteiger partial charge in [-0.25, -0.2) is 9.97 Å². The van der Waals surface area contributed by atoms with Gasteiger partial charge in [-0.05, 0) is 30.5 Å². The van der Waals surface area contributed by atoms with Crippen LogP contribution in [0.5, 0.6) is 0 Å². The number of ketones is 1. The van der Waals surface area contributed by atoms with Crippen molar-refractivity contribution in [1.82, 2.24) is 9.97 Å². The van der Waals surface area contributed by atoms with Crippen LogP contribution in [0.25, 0.3) is 0 Å². The molecule has 0 saturated carbocycles. The molecule has 4 heterocycles. The van der Waals surface area contributed by atoms with Gasteiger partial charge in [-0.2, -0.15) is 0 Å². The summed E-state index contributed by atoms with van der Waals surface area (Å²) in [4.78, 5) is 23.8. The van der Waals surface area contributed by atoms with E-state index in [2.05, 4.69) is 28.0 Å². The molecular weight excluding hydrogens is 288 g/mol. The van der Waals surface area contributed by atoms with Gasteiger partial charge in [0.05, 0.1) is 6.54 Å². The number of carbonyl (C=O) groups is 1. The lowest BCUT2D eigenvalue weighted by molar-refractivity contribution is -0.117. The van der Waals surface area contributed by atoms with Crippen molar-refractivity contribution < 1.29 is 4.79 Å². The highest BCUT2D eigenvalue weighted by Crippen LogP contribution is 2.22. The van der Waals surface area contributed by atoms with Crippen LogP contribution in [0.3, 0.4) is 0 Å². The second-order valence-corrected chi connectivity index (χ2v) is 6.07. The molecule has 0 atom stereocenters. The number of aromatic nitrogens is 2. The number of carbonyl (C=O) groups excluding carboxylic acids is 1. The average Bonchev–Trinajstić information content (AvgIpc) is 2.56. The number of hydrogen-bond donors (Lipinski definition) is 0. The molecule has 0 unspecified atom stereocenters. The fraction of sp³-hybridized carbons (Fsp3) is 0.389. The Balaban J connectivity index is 0.000000136. The van der Waals surface area contributed by atoms with Crippen LogP contribution in [-0.4, -0.2) is 42.9 Å². The Morgan fingerprint density at radius 1 is 0.957 bits per heavy atom. The second kappa shape index (κ2) is 6.77. The Morgan fingerprint density at radius 2 is 1.61 bits per heavy atom. The summed E-state index contributed by atoms with van der Waals surface area (Å²) in [5.41, 5.74) is 2.43. The number of pyridine rings is 2. The standard InChI is InChI=1S/C9H10N2O.C9H12N2/c1-11-6-8(12)5-7-3-2-4-10-9(7)11;1-11-7-3-5-8-4-2-6-10-9(8)11/h2-4H,5-6H2,1H3;2,4,6H,3,5,7H2,1H3. The molecule has 5 nitrogen and oxygen atoms in total. The van der Waals surface area contributed by atoms with E-state index in [-0.39, 0.29) is 5.78 Å². The van der Waals surface area contributed by atoms with Crippen LogP contribution in [0.1, 0.15) is 17.5 Å². The first-order valence-electron chi connectivity index (χ1n) is 7.97. The lowest BCUT2D eigenvalue weighted by Gasteiger charge is -2.25. The molecule has 2 aliphatic heterocycles. The Kier molecular flexibility index (Phi) is 4.55. The van der Waals surface area contributed by atoms with Crippen molar-refractivity contribution in [2.24, 2.45) is 0 Å². The van der Waals surface area contributed by atoms with Crippen molar-refractivity contribution in [2.75, 3.05) is 37.0 Å². The van der Waals surface area contributed by atoms with E-state index in [1.165, 1.54) is 24.2 Å². The minimum absolute atomic E-state index is 0.262. The average molecular weight is 310 g/mol. The third kappa shape index (κ3) is 3.50. The third-order valence-corrected chi connectivity index (χ3v) is 4.20. The Hall–Kier alpha value is -2.43. The number of aryl methyl sites for hydroxylation is 1. The highest BCUT2D eigenvalue weighted by molar-refractivity contribution is 5.89. The topological polar surface area (TPSA) is 49.3 Å². The monoisotopic (exact) mass is 310 g/mol. The summed E-state index contributed by atoms with van der Waals surface area (Å²) in [5.74, 6) is 2.37. The van der Waals surface area contributed by atoms with Crippen molar-refractivity contribution in [3.63, 3.8) is 0 Å². The van der Waals surface area contributed by atoms with Crippen LogP contribution in [0.4, 0.5) is 11.6 Å². The molecule has 2 aliphatic rings. The first kappa shape index (κ1) is 15.5. The van der Waals surface area contributed by atoms with E-state index >= 15 is 0 Å². The predicted molar refractivity (Wildman–Crippen MR) is 92.0 cm³/mol. The van der Waals surface area contributed by atoms with Crippen LogP contribution in [0, 0.1) is 0 Å². The zero-order chi connectivity index (χ0) is 16.2. The fourth-order valence-corrected chi connectivity index (χ4v) is 3.10. The predicted octanol–water partition coefficient (Wildman–Crippen LogP) is 2.11. The summed E-state index contributed by atoms with van der Waals surface area (Å²) in [6.07, 6.45) is 6.60. The van der Waals surface area contributed by atoms with Gasteiger partial charge >= 0.3 is 0 Å². The highest BCUT2D eigenvalue weighted by Gasteiger charge is 2.19. The maximum Gasteiger partial charge on any atom is 0.156 e. The molecule has 0 fully saturated rings. The van der Waals surface area contributed by atoms with E-state index in [1.807, 2.05) is 36.3 Å². The molecule has 0 aromatic carbocycles. The lowest BCUT2D eigenvalue weighted by Crippen LogP contribution is -2.32. The third-order valence-electron chi connectivity index (χ3n) is 4.20. The molecule has 0 spiro atoms. The summed E-state index contributed by atoms with van der Waals surface area (Å²) in [7, 11) is 3.99. The molecule has 0 N–H and O–H groups in total. The number of rotatable bonds is 0. The molecular formula is C18H22N4O. The van der Waals surface area contributed by atoms with Crippen LogP contribution in [0.15, 0.2) is 36.7 Å². The second-order valence-electron chi connectivity index (χ2n) is 6.07. The van der Waals surface area contributed by atoms with Gasteiger partial charge in [-0.15, -0.1) is 0 Å². The van der Waals surface area contributed by atoms with E-state index in [0.717, 1.165) is 17.9 Å². The molecule has 0 saturated heterocycles. The summed E-state index contributed by atoms with van der Waals surface area (Å²) < 4.78 is 0. The zero-order valence-electron chi connectivity index (χ0n) is 13.7. The molecule has 0 bridgehead atoms. The molecule has 0 radical (unpaired) electrons. The van der Waals surface area contributed by atoms with Crippen molar-refractivity contribution >= 4 is 17.4 Å². The molecule has 2 aromatic rings. The van der Waals surface area contributed by atoms with Crippen LogP contribution in [0.2, 0.25) is 0 Å². The van der Waals surface area contributed by atoms with Gasteiger partial charge in [0.2, 0.25) is 0 Å². The van der Waals surface area contributed by atoms with Crippen LogP contribution >= 0.6 is 0 Å². The number of likely N-dealkylation sites (N-methyl/N-ethyl adjacent to an activating group) is 1. The minimum Gasteiger partial charge on any atom is -0.359 e. The van der Waals surface area contributed by atoms with E-state index in [1.54, 1.807) is 6.20 Å². The smallest absolute Gasteiger partial charge is 0.156 e. The van der Waals surface area contributed by atoms with Gasteiger partial charge < -0.3 is 9.80 Å². The largest absolute Gasteiger partial charge is 0.359 e. The summed E-state index contributed by atoms with van der Waals surface area (Å²) in [5, 5.41) is 0. The number of fused-ring (bicyclic) bond motifs is 2. The van der Waals surface area contributed by atoms with Crippen molar-refractivity contribution in [2.45, 2.75) is 19.3 Å². The van der Waals surface area contributed by atoms with E-state index in [9.17, 15) is 4.79 Å². The molecule has 2 aromatic heterocycles. The summed E-state index contributed by atoms with van der Waals surface area (Å²) in [6, 6.07) is 8.00. The molecule has 4 rings (SSSR count). The van der Waals surface area contributed by atoms with Gasteiger partial charge in [0.15, 0.2) is 5.78 Å². The first-order valence-corrected chi connectivity index (χ1v) is 7.97. The number of Topliss-reactive ketones (excluding diaryl/α,β-unsaturated/α-hetero) is 1. The molecule has 0 aliphatic carbocycles. The van der Waals surface area contributed by atoms with Crippen LogP contribution in [-0.2, 0) is 17.6 Å². The van der Waals surface area contributed by atoms with E-state index in [0.29, 0.717) is 13.0 Å². The zero-order valence-corrected chi connectivity index (χ0v) is 13.7. The SMILES string of the molecule is CN1CC(=O)Cc2cccnc21.CN1CCCc2cccnc21. The normalized spacial score (nSPS) is 16.2. The Morgan fingerprint density at radius 3 is 2.30 bits per heavy atom. The first-order chi connectivity index (χ1) is 11.1. The van der Waals surface area contributed by atoms with Crippen molar-refractivity contribution in [1.29, 1.82) is 0 Å².